The Morgan fingerprint density at radius 3 is 2.25 bits per heavy atom. The number of halogens is 1. The first-order chi connectivity index (χ1) is 7.16. The molecule has 98 valence electrons. The van der Waals surface area contributed by atoms with Gasteiger partial charge in [-0.1, -0.05) is 6.92 Å². The van der Waals surface area contributed by atoms with Crippen molar-refractivity contribution in [1.29, 1.82) is 0 Å². The van der Waals surface area contributed by atoms with Gasteiger partial charge in [-0.25, -0.2) is 21.6 Å². The van der Waals surface area contributed by atoms with E-state index in [0.717, 1.165) is 6.26 Å². The zero-order valence-corrected chi connectivity index (χ0v) is 11.8. The van der Waals surface area contributed by atoms with Crippen molar-refractivity contribution in [1.82, 2.24) is 4.72 Å². The summed E-state index contributed by atoms with van der Waals surface area (Å²) in [4.78, 5) is 0. The summed E-state index contributed by atoms with van der Waals surface area (Å²) in [5.41, 5.74) is 0. The highest BCUT2D eigenvalue weighted by molar-refractivity contribution is 7.90. The van der Waals surface area contributed by atoms with Gasteiger partial charge in [-0.2, -0.15) is 0 Å². The van der Waals surface area contributed by atoms with Crippen LogP contribution in [0.3, 0.4) is 0 Å². The SMILES string of the molecule is CC(CCl)CS(=O)(=O)NCCCS(C)(=O)=O. The largest absolute Gasteiger partial charge is 0.229 e. The topological polar surface area (TPSA) is 80.3 Å². The maximum atomic E-state index is 11.4. The summed E-state index contributed by atoms with van der Waals surface area (Å²) in [6.45, 7) is 1.88. The average molecular weight is 292 g/mol. The molecule has 0 heterocycles. The monoisotopic (exact) mass is 291 g/mol. The highest BCUT2D eigenvalue weighted by atomic mass is 35.5. The van der Waals surface area contributed by atoms with Crippen LogP contribution in [0.2, 0.25) is 0 Å². The van der Waals surface area contributed by atoms with Crippen LogP contribution < -0.4 is 4.72 Å². The summed E-state index contributed by atoms with van der Waals surface area (Å²) < 4.78 is 46.7. The molecule has 0 rings (SSSR count). The van der Waals surface area contributed by atoms with Gasteiger partial charge in [0.1, 0.15) is 9.84 Å². The van der Waals surface area contributed by atoms with Crippen molar-refractivity contribution < 1.29 is 16.8 Å². The average Bonchev–Trinajstić information content (AvgIpc) is 2.10. The second-order valence-electron chi connectivity index (χ2n) is 3.92. The summed E-state index contributed by atoms with van der Waals surface area (Å²) in [6, 6.07) is 0. The molecule has 5 nitrogen and oxygen atoms in total. The molecule has 0 saturated carbocycles. The van der Waals surface area contributed by atoms with Crippen LogP contribution in [-0.2, 0) is 19.9 Å². The Hall–Kier alpha value is 0.150. The van der Waals surface area contributed by atoms with Crippen LogP contribution in [0.15, 0.2) is 0 Å². The second kappa shape index (κ2) is 6.78. The standard InChI is InChI=1S/C8H18ClNO4S2/c1-8(6-9)7-16(13,14)10-4-3-5-15(2,11)12/h8,10H,3-7H2,1-2H3. The van der Waals surface area contributed by atoms with Crippen molar-refractivity contribution in [2.24, 2.45) is 5.92 Å². The van der Waals surface area contributed by atoms with Gasteiger partial charge in [-0.05, 0) is 12.3 Å². The molecule has 0 saturated heterocycles. The fraction of sp³-hybridized carbons (Fsp3) is 1.00. The van der Waals surface area contributed by atoms with Crippen LogP contribution in [0.25, 0.3) is 0 Å². The maximum Gasteiger partial charge on any atom is 0.211 e. The number of alkyl halides is 1. The Balaban J connectivity index is 3.93. The van der Waals surface area contributed by atoms with Gasteiger partial charge in [-0.15, -0.1) is 11.6 Å². The van der Waals surface area contributed by atoms with Crippen molar-refractivity contribution >= 4 is 31.5 Å². The number of nitrogens with one attached hydrogen (secondary N) is 1. The third-order valence-electron chi connectivity index (χ3n) is 1.78. The molecule has 0 aliphatic heterocycles. The van der Waals surface area contributed by atoms with Gasteiger partial charge in [0.05, 0.1) is 11.5 Å². The zero-order chi connectivity index (χ0) is 12.8. The van der Waals surface area contributed by atoms with Crippen LogP contribution in [-0.4, -0.2) is 47.0 Å². The Kier molecular flexibility index (Phi) is 6.84. The first kappa shape index (κ1) is 16.1. The molecule has 0 aliphatic rings. The van der Waals surface area contributed by atoms with Gasteiger partial charge in [0.25, 0.3) is 0 Å². The molecule has 0 aromatic rings. The van der Waals surface area contributed by atoms with Crippen molar-refractivity contribution in [3.63, 3.8) is 0 Å². The van der Waals surface area contributed by atoms with E-state index < -0.39 is 19.9 Å². The lowest BCUT2D eigenvalue weighted by atomic mass is 10.3. The molecule has 0 fully saturated rings. The molecule has 0 radical (unpaired) electrons. The third kappa shape index (κ3) is 9.38. The minimum atomic E-state index is -3.34. The van der Waals surface area contributed by atoms with Gasteiger partial charge in [0.15, 0.2) is 0 Å². The molecule has 1 N–H and O–H groups in total. The summed E-state index contributed by atoms with van der Waals surface area (Å²) in [5, 5.41) is 0. The van der Waals surface area contributed by atoms with E-state index in [1.807, 2.05) is 0 Å². The molecule has 1 unspecified atom stereocenters. The summed E-state index contributed by atoms with van der Waals surface area (Å²) in [5.74, 6) is 0.120. The lowest BCUT2D eigenvalue weighted by Crippen LogP contribution is -2.31. The van der Waals surface area contributed by atoms with Crippen LogP contribution >= 0.6 is 11.6 Å². The number of sulfonamides is 1. The minimum absolute atomic E-state index is 0.0133. The number of hydrogen-bond acceptors (Lipinski definition) is 4. The summed E-state index contributed by atoms with van der Waals surface area (Å²) >= 11 is 5.51. The van der Waals surface area contributed by atoms with E-state index in [4.69, 9.17) is 11.6 Å². The Bertz CT molecular complexity index is 390. The Labute approximate surface area is 103 Å². The normalized spacial score (nSPS) is 14.9. The van der Waals surface area contributed by atoms with E-state index in [-0.39, 0.29) is 36.3 Å². The molecule has 0 aliphatic carbocycles. The van der Waals surface area contributed by atoms with Gasteiger partial charge < -0.3 is 0 Å². The molecule has 0 aromatic heterocycles. The smallest absolute Gasteiger partial charge is 0.211 e. The van der Waals surface area contributed by atoms with Crippen LogP contribution in [0.5, 0.6) is 0 Å². The van der Waals surface area contributed by atoms with Crippen LogP contribution in [0.4, 0.5) is 0 Å². The molecule has 16 heavy (non-hydrogen) atoms. The van der Waals surface area contributed by atoms with Crippen molar-refractivity contribution in [2.45, 2.75) is 13.3 Å². The molecule has 1 atom stereocenters. The molecule has 0 spiro atoms. The first-order valence-electron chi connectivity index (χ1n) is 4.87. The number of sulfone groups is 1. The first-order valence-corrected chi connectivity index (χ1v) is 9.12. The second-order valence-corrected chi connectivity index (χ2v) is 8.34. The maximum absolute atomic E-state index is 11.4. The lowest BCUT2D eigenvalue weighted by Gasteiger charge is -2.09. The summed E-state index contributed by atoms with van der Waals surface area (Å²) in [6.07, 6.45) is 1.41. The molecular weight excluding hydrogens is 274 g/mol. The molecule has 0 aromatic carbocycles. The quantitative estimate of drug-likeness (QED) is 0.512. The van der Waals surface area contributed by atoms with Gasteiger partial charge in [-0.3, -0.25) is 0 Å². The van der Waals surface area contributed by atoms with E-state index in [0.29, 0.717) is 0 Å². The predicted molar refractivity (Wildman–Crippen MR) is 66.0 cm³/mol. The van der Waals surface area contributed by atoms with Gasteiger partial charge >= 0.3 is 0 Å². The Morgan fingerprint density at radius 2 is 1.81 bits per heavy atom. The van der Waals surface area contributed by atoms with E-state index in [1.54, 1.807) is 6.92 Å². The predicted octanol–water partition coefficient (Wildman–Crippen LogP) is 0.215. The van der Waals surface area contributed by atoms with Crippen LogP contribution in [0, 0.1) is 5.92 Å². The molecular formula is C8H18ClNO4S2. The van der Waals surface area contributed by atoms with E-state index >= 15 is 0 Å². The number of hydrogen-bond donors (Lipinski definition) is 1. The lowest BCUT2D eigenvalue weighted by molar-refractivity contribution is 0.566. The summed E-state index contributed by atoms with van der Waals surface area (Å²) in [7, 11) is -6.37. The number of rotatable bonds is 8. The zero-order valence-electron chi connectivity index (χ0n) is 9.44. The fourth-order valence-electron chi connectivity index (χ4n) is 1.04. The van der Waals surface area contributed by atoms with E-state index in [2.05, 4.69) is 4.72 Å². The van der Waals surface area contributed by atoms with E-state index in [1.165, 1.54) is 0 Å². The molecule has 8 heteroatoms. The van der Waals surface area contributed by atoms with Crippen molar-refractivity contribution in [3.8, 4) is 0 Å². The van der Waals surface area contributed by atoms with Crippen LogP contribution in [0.1, 0.15) is 13.3 Å². The van der Waals surface area contributed by atoms with Crippen molar-refractivity contribution in [3.05, 3.63) is 0 Å². The fourth-order valence-corrected chi connectivity index (χ4v) is 3.39. The molecule has 0 amide bonds. The highest BCUT2D eigenvalue weighted by Crippen LogP contribution is 2.02. The van der Waals surface area contributed by atoms with Crippen molar-refractivity contribution in [2.75, 3.05) is 30.2 Å². The highest BCUT2D eigenvalue weighted by Gasteiger charge is 2.14. The minimum Gasteiger partial charge on any atom is -0.229 e. The van der Waals surface area contributed by atoms with Gasteiger partial charge in [0, 0.05) is 18.7 Å². The molecule has 0 bridgehead atoms. The van der Waals surface area contributed by atoms with Gasteiger partial charge in [0.2, 0.25) is 10.0 Å². The third-order valence-corrected chi connectivity index (χ3v) is 4.99. The Morgan fingerprint density at radius 1 is 1.25 bits per heavy atom. The van der Waals surface area contributed by atoms with E-state index in [9.17, 15) is 16.8 Å².